The summed E-state index contributed by atoms with van der Waals surface area (Å²) < 4.78 is 11.1. The fourth-order valence-corrected chi connectivity index (χ4v) is 4.34. The molecular weight excluding hydrogens is 512 g/mol. The topological polar surface area (TPSA) is 126 Å². The van der Waals surface area contributed by atoms with Gasteiger partial charge >= 0.3 is 6.09 Å². The van der Waals surface area contributed by atoms with Crippen molar-refractivity contribution in [3.63, 3.8) is 0 Å². The van der Waals surface area contributed by atoms with Crippen LogP contribution in [0.1, 0.15) is 72.4 Å². The smallest absolute Gasteiger partial charge is 0.410 e. The molecule has 0 saturated heterocycles. The van der Waals surface area contributed by atoms with Gasteiger partial charge in [0.05, 0.1) is 7.11 Å². The van der Waals surface area contributed by atoms with E-state index in [1.54, 1.807) is 32.9 Å². The normalized spacial score (nSPS) is 22.8. The van der Waals surface area contributed by atoms with Crippen molar-refractivity contribution in [3.8, 4) is 5.75 Å². The van der Waals surface area contributed by atoms with Crippen LogP contribution in [0.2, 0.25) is 0 Å². The summed E-state index contributed by atoms with van der Waals surface area (Å²) in [4.78, 5) is 54.9. The molecule has 222 valence electrons. The molecule has 5 atom stereocenters. The van der Waals surface area contributed by atoms with Gasteiger partial charge in [0.2, 0.25) is 17.7 Å². The molecule has 40 heavy (non-hydrogen) atoms. The van der Waals surface area contributed by atoms with Gasteiger partial charge in [-0.2, -0.15) is 0 Å². The van der Waals surface area contributed by atoms with Crippen LogP contribution >= 0.6 is 0 Å². The summed E-state index contributed by atoms with van der Waals surface area (Å²) >= 11 is 0. The number of methoxy groups -OCH3 is 1. The molecule has 0 saturated carbocycles. The zero-order chi connectivity index (χ0) is 30.2. The number of nitrogens with zero attached hydrogens (tertiary/aromatic N) is 1. The molecule has 1 aromatic rings. The lowest BCUT2D eigenvalue weighted by Gasteiger charge is -2.33. The average molecular weight is 559 g/mol. The molecule has 4 amide bonds. The number of fused-ring (bicyclic) bond motifs is 2. The SMILES string of the molecule is CC[C@H](C)[C@@H]1NC(=O)[C@H]([C@@H](C)CC)NC(=O)[C@@H](N(C)C(=O)OC(C)(C)C)Cc2cc(ccc2OC)/C=C\NC1=O. The number of amides is 4. The van der Waals surface area contributed by atoms with Crippen LogP contribution in [0.25, 0.3) is 6.08 Å². The highest BCUT2D eigenvalue weighted by atomic mass is 16.6. The van der Waals surface area contributed by atoms with E-state index in [1.807, 2.05) is 39.8 Å². The predicted octanol–water partition coefficient (Wildman–Crippen LogP) is 3.64. The van der Waals surface area contributed by atoms with Crippen molar-refractivity contribution in [1.82, 2.24) is 20.9 Å². The Bertz CT molecular complexity index is 1100. The third-order valence-electron chi connectivity index (χ3n) is 7.26. The molecular formula is C30H46N4O6. The molecule has 1 heterocycles. The Morgan fingerprint density at radius 3 is 2.12 bits per heavy atom. The molecule has 0 unspecified atom stereocenters. The van der Waals surface area contributed by atoms with Crippen molar-refractivity contribution in [2.24, 2.45) is 11.8 Å². The fourth-order valence-electron chi connectivity index (χ4n) is 4.34. The van der Waals surface area contributed by atoms with E-state index in [2.05, 4.69) is 16.0 Å². The molecule has 1 aromatic carbocycles. The largest absolute Gasteiger partial charge is 0.496 e. The maximum absolute atomic E-state index is 13.9. The summed E-state index contributed by atoms with van der Waals surface area (Å²) in [6, 6.07) is 2.68. The van der Waals surface area contributed by atoms with Crippen LogP contribution in [0.15, 0.2) is 24.4 Å². The van der Waals surface area contributed by atoms with E-state index in [-0.39, 0.29) is 24.2 Å². The number of hydrogen-bond acceptors (Lipinski definition) is 6. The van der Waals surface area contributed by atoms with Gasteiger partial charge in [-0.3, -0.25) is 19.3 Å². The van der Waals surface area contributed by atoms with Crippen LogP contribution in [0.3, 0.4) is 0 Å². The maximum atomic E-state index is 13.9. The number of carbonyl (C=O) groups is 4. The van der Waals surface area contributed by atoms with E-state index < -0.39 is 41.6 Å². The van der Waals surface area contributed by atoms with Gasteiger partial charge in [-0.05, 0) is 61.9 Å². The third-order valence-corrected chi connectivity index (χ3v) is 7.26. The van der Waals surface area contributed by atoms with Crippen molar-refractivity contribution in [3.05, 3.63) is 35.5 Å². The first-order valence-corrected chi connectivity index (χ1v) is 13.9. The predicted molar refractivity (Wildman–Crippen MR) is 154 cm³/mol. The molecule has 0 aliphatic carbocycles. The maximum Gasteiger partial charge on any atom is 0.410 e. The molecule has 0 spiro atoms. The second kappa shape index (κ2) is 14.2. The Morgan fingerprint density at radius 2 is 1.57 bits per heavy atom. The Hall–Kier alpha value is -3.56. The summed E-state index contributed by atoms with van der Waals surface area (Å²) in [5.74, 6) is -1.19. The first kappa shape index (κ1) is 32.7. The van der Waals surface area contributed by atoms with Crippen LogP contribution in [-0.4, -0.2) is 66.6 Å². The van der Waals surface area contributed by atoms with Gasteiger partial charge in [0.25, 0.3) is 0 Å². The van der Waals surface area contributed by atoms with Gasteiger partial charge in [0.15, 0.2) is 0 Å². The van der Waals surface area contributed by atoms with E-state index in [9.17, 15) is 19.2 Å². The molecule has 0 fully saturated rings. The van der Waals surface area contributed by atoms with E-state index in [0.717, 1.165) is 5.56 Å². The van der Waals surface area contributed by atoms with Gasteiger partial charge in [0, 0.05) is 19.7 Å². The van der Waals surface area contributed by atoms with Crippen LogP contribution in [0.4, 0.5) is 4.79 Å². The highest BCUT2D eigenvalue weighted by Gasteiger charge is 2.36. The van der Waals surface area contributed by atoms with E-state index in [4.69, 9.17) is 9.47 Å². The van der Waals surface area contributed by atoms with Crippen LogP contribution in [0, 0.1) is 11.8 Å². The number of ether oxygens (including phenoxy) is 2. The van der Waals surface area contributed by atoms with Crippen molar-refractivity contribution >= 4 is 29.9 Å². The second-order valence-corrected chi connectivity index (χ2v) is 11.5. The standard InChI is InChI=1S/C30H46N4O6/c1-10-18(3)24-27(36)31-15-14-20-12-13-23(39-9)21(16-20)17-22(34(8)29(38)40-30(5,6)7)26(35)32-25(19(4)11-2)28(37)33-24/h12-16,18-19,22,24-25H,10-11,17H2,1-9H3,(H,31,36)(H,32,35)(H,33,37)/b15-14-/t18-,19-,22-,24-,25-/m0/s1. The first-order chi connectivity index (χ1) is 18.7. The summed E-state index contributed by atoms with van der Waals surface area (Å²) in [6.45, 7) is 12.9. The quantitative estimate of drug-likeness (QED) is 0.490. The number of nitrogens with one attached hydrogen (secondary N) is 3. The number of likely N-dealkylation sites (N-methyl/N-ethyl adjacent to an activating group) is 1. The highest BCUT2D eigenvalue weighted by Crippen LogP contribution is 2.25. The molecule has 2 bridgehead atoms. The first-order valence-electron chi connectivity index (χ1n) is 13.9. The highest BCUT2D eigenvalue weighted by molar-refractivity contribution is 5.94. The lowest BCUT2D eigenvalue weighted by atomic mass is 9.94. The number of rotatable bonds is 6. The zero-order valence-corrected chi connectivity index (χ0v) is 25.3. The summed E-state index contributed by atoms with van der Waals surface area (Å²) in [5.41, 5.74) is 0.656. The molecule has 2 rings (SSSR count). The fraction of sp³-hybridized carbons (Fsp3) is 0.600. The van der Waals surface area contributed by atoms with Crippen molar-refractivity contribution < 1.29 is 28.7 Å². The molecule has 1 aliphatic rings. The van der Waals surface area contributed by atoms with Gasteiger partial charge in [0.1, 0.15) is 29.5 Å². The summed E-state index contributed by atoms with van der Waals surface area (Å²) in [7, 11) is 3.03. The number of benzene rings is 1. The van der Waals surface area contributed by atoms with Gasteiger partial charge in [-0.25, -0.2) is 4.79 Å². The molecule has 0 radical (unpaired) electrons. The molecule has 0 aromatic heterocycles. The number of hydrogen-bond donors (Lipinski definition) is 3. The lowest BCUT2D eigenvalue weighted by Crippen LogP contribution is -2.59. The summed E-state index contributed by atoms with van der Waals surface area (Å²) in [5, 5.41) is 8.54. The number of carbonyl (C=O) groups excluding carboxylic acids is 4. The molecule has 10 nitrogen and oxygen atoms in total. The Kier molecular flexibility index (Phi) is 11.6. The van der Waals surface area contributed by atoms with Gasteiger partial charge in [-0.15, -0.1) is 0 Å². The second-order valence-electron chi connectivity index (χ2n) is 11.5. The van der Waals surface area contributed by atoms with E-state index in [1.165, 1.54) is 25.3 Å². The van der Waals surface area contributed by atoms with Gasteiger partial charge < -0.3 is 25.4 Å². The minimum Gasteiger partial charge on any atom is -0.496 e. The van der Waals surface area contributed by atoms with Crippen LogP contribution < -0.4 is 20.7 Å². The van der Waals surface area contributed by atoms with Crippen LogP contribution in [0.5, 0.6) is 5.75 Å². The van der Waals surface area contributed by atoms with Crippen LogP contribution in [-0.2, 0) is 25.5 Å². The Labute approximate surface area is 238 Å². The molecule has 3 N–H and O–H groups in total. The van der Waals surface area contributed by atoms with Crippen molar-refractivity contribution in [2.75, 3.05) is 14.2 Å². The average Bonchev–Trinajstić information content (AvgIpc) is 2.90. The molecule has 1 aliphatic heterocycles. The lowest BCUT2D eigenvalue weighted by molar-refractivity contribution is -0.135. The minimum atomic E-state index is -1.02. The Morgan fingerprint density at radius 1 is 1.00 bits per heavy atom. The van der Waals surface area contributed by atoms with Gasteiger partial charge in [-0.1, -0.05) is 46.6 Å². The molecule has 10 heteroatoms. The van der Waals surface area contributed by atoms with E-state index in [0.29, 0.717) is 24.2 Å². The van der Waals surface area contributed by atoms with E-state index >= 15 is 0 Å². The minimum absolute atomic E-state index is 0.100. The third kappa shape index (κ3) is 8.72. The zero-order valence-electron chi connectivity index (χ0n) is 25.3. The van der Waals surface area contributed by atoms with Crippen molar-refractivity contribution in [2.45, 2.75) is 91.5 Å². The monoisotopic (exact) mass is 558 g/mol. The summed E-state index contributed by atoms with van der Waals surface area (Å²) in [6.07, 6.45) is 3.95. The Balaban J connectivity index is 2.65. The van der Waals surface area contributed by atoms with Crippen molar-refractivity contribution in [1.29, 1.82) is 0 Å².